The van der Waals surface area contributed by atoms with E-state index in [0.717, 1.165) is 25.4 Å². The van der Waals surface area contributed by atoms with Crippen LogP contribution in [0.4, 0.5) is 5.69 Å². The van der Waals surface area contributed by atoms with Crippen LogP contribution in [-0.2, 0) is 6.42 Å². The quantitative estimate of drug-likeness (QED) is 0.829. The van der Waals surface area contributed by atoms with Crippen LogP contribution in [0.3, 0.4) is 0 Å². The predicted octanol–water partition coefficient (Wildman–Crippen LogP) is 3.82. The van der Waals surface area contributed by atoms with Gasteiger partial charge >= 0.3 is 0 Å². The average Bonchev–Trinajstić information content (AvgIpc) is 2.38. The van der Waals surface area contributed by atoms with E-state index in [1.165, 1.54) is 22.1 Å². The van der Waals surface area contributed by atoms with Crippen molar-refractivity contribution in [2.24, 2.45) is 11.7 Å². The van der Waals surface area contributed by atoms with Crippen molar-refractivity contribution in [3.05, 3.63) is 28.2 Å². The number of halogens is 1. The van der Waals surface area contributed by atoms with Gasteiger partial charge in [0, 0.05) is 23.2 Å². The zero-order valence-corrected chi connectivity index (χ0v) is 13.3. The monoisotopic (exact) mass is 312 g/mol. The molecule has 0 spiro atoms. The smallest absolute Gasteiger partial charge is 0.0377 e. The molecule has 0 radical (unpaired) electrons. The molecule has 1 atom stereocenters. The minimum Gasteiger partial charge on any atom is -0.372 e. The number of benzene rings is 1. The molecule has 0 saturated heterocycles. The number of nitrogens with two attached hydrogens (primary N) is 1. The second-order valence-corrected chi connectivity index (χ2v) is 5.72. The molecule has 0 aliphatic carbocycles. The summed E-state index contributed by atoms with van der Waals surface area (Å²) in [6, 6.07) is 6.62. The SMILES string of the molecule is CCC(C)CN(CC)c1ccc(CCN)c(Br)c1. The third kappa shape index (κ3) is 4.29. The van der Waals surface area contributed by atoms with Crippen molar-refractivity contribution in [1.29, 1.82) is 0 Å². The van der Waals surface area contributed by atoms with E-state index in [-0.39, 0.29) is 0 Å². The Morgan fingerprint density at radius 1 is 1.33 bits per heavy atom. The van der Waals surface area contributed by atoms with Crippen LogP contribution < -0.4 is 10.6 Å². The molecule has 1 unspecified atom stereocenters. The van der Waals surface area contributed by atoms with E-state index in [2.05, 4.69) is 59.8 Å². The molecule has 1 rings (SSSR count). The fourth-order valence-electron chi connectivity index (χ4n) is 2.01. The molecule has 0 aromatic heterocycles. The molecule has 3 heteroatoms. The fraction of sp³-hybridized carbons (Fsp3) is 0.600. The van der Waals surface area contributed by atoms with Crippen molar-refractivity contribution in [3.8, 4) is 0 Å². The molecule has 18 heavy (non-hydrogen) atoms. The molecule has 0 heterocycles. The second-order valence-electron chi connectivity index (χ2n) is 4.87. The van der Waals surface area contributed by atoms with E-state index < -0.39 is 0 Å². The summed E-state index contributed by atoms with van der Waals surface area (Å²) in [5.74, 6) is 0.729. The Balaban J connectivity index is 2.83. The van der Waals surface area contributed by atoms with Crippen LogP contribution in [-0.4, -0.2) is 19.6 Å². The zero-order chi connectivity index (χ0) is 13.5. The molecule has 2 N–H and O–H groups in total. The van der Waals surface area contributed by atoms with Gasteiger partial charge in [0.2, 0.25) is 0 Å². The summed E-state index contributed by atoms with van der Waals surface area (Å²) in [6.45, 7) is 9.63. The highest BCUT2D eigenvalue weighted by Crippen LogP contribution is 2.25. The van der Waals surface area contributed by atoms with Crippen LogP contribution in [0.1, 0.15) is 32.8 Å². The third-order valence-electron chi connectivity index (χ3n) is 3.43. The first-order valence-electron chi connectivity index (χ1n) is 6.85. The van der Waals surface area contributed by atoms with Gasteiger partial charge in [-0.15, -0.1) is 0 Å². The number of nitrogens with zero attached hydrogens (tertiary/aromatic N) is 1. The van der Waals surface area contributed by atoms with Gasteiger partial charge in [-0.1, -0.05) is 42.3 Å². The summed E-state index contributed by atoms with van der Waals surface area (Å²) in [5, 5.41) is 0. The van der Waals surface area contributed by atoms with Crippen LogP contribution in [0, 0.1) is 5.92 Å². The highest BCUT2D eigenvalue weighted by Gasteiger charge is 2.10. The Morgan fingerprint density at radius 2 is 2.06 bits per heavy atom. The number of anilines is 1. The molecule has 102 valence electrons. The topological polar surface area (TPSA) is 29.3 Å². The lowest BCUT2D eigenvalue weighted by Crippen LogP contribution is -2.28. The first-order valence-corrected chi connectivity index (χ1v) is 7.65. The van der Waals surface area contributed by atoms with Crippen LogP contribution in [0.2, 0.25) is 0 Å². The Kier molecular flexibility index (Phi) is 6.72. The second kappa shape index (κ2) is 7.80. The third-order valence-corrected chi connectivity index (χ3v) is 4.16. The number of hydrogen-bond acceptors (Lipinski definition) is 2. The van der Waals surface area contributed by atoms with Gasteiger partial charge in [-0.05, 0) is 43.5 Å². The van der Waals surface area contributed by atoms with E-state index >= 15 is 0 Å². The molecule has 0 saturated carbocycles. The summed E-state index contributed by atoms with van der Waals surface area (Å²) in [5.41, 5.74) is 8.20. The van der Waals surface area contributed by atoms with E-state index in [1.807, 2.05) is 0 Å². The summed E-state index contributed by atoms with van der Waals surface area (Å²) in [7, 11) is 0. The molecule has 0 aliphatic rings. The van der Waals surface area contributed by atoms with Gasteiger partial charge in [0.05, 0.1) is 0 Å². The molecule has 0 fully saturated rings. The van der Waals surface area contributed by atoms with Crippen LogP contribution in [0.5, 0.6) is 0 Å². The molecule has 1 aromatic rings. The number of rotatable bonds is 7. The molecule has 0 aliphatic heterocycles. The molecule has 2 nitrogen and oxygen atoms in total. The lowest BCUT2D eigenvalue weighted by molar-refractivity contribution is 0.548. The summed E-state index contributed by atoms with van der Waals surface area (Å²) in [6.07, 6.45) is 2.15. The molecule has 0 amide bonds. The van der Waals surface area contributed by atoms with Crippen molar-refractivity contribution in [2.75, 3.05) is 24.5 Å². The standard InChI is InChI=1S/C15H25BrN2/c1-4-12(3)11-18(5-2)14-7-6-13(8-9-17)15(16)10-14/h6-7,10,12H,4-5,8-9,11,17H2,1-3H3. The largest absolute Gasteiger partial charge is 0.372 e. The van der Waals surface area contributed by atoms with Crippen molar-refractivity contribution in [3.63, 3.8) is 0 Å². The lowest BCUT2D eigenvalue weighted by atomic mass is 10.1. The normalized spacial score (nSPS) is 12.5. The lowest BCUT2D eigenvalue weighted by Gasteiger charge is -2.26. The van der Waals surface area contributed by atoms with Gasteiger partial charge in [-0.2, -0.15) is 0 Å². The van der Waals surface area contributed by atoms with Crippen molar-refractivity contribution < 1.29 is 0 Å². The molecular weight excluding hydrogens is 288 g/mol. The van der Waals surface area contributed by atoms with Gasteiger partial charge in [-0.3, -0.25) is 0 Å². The van der Waals surface area contributed by atoms with Crippen molar-refractivity contribution >= 4 is 21.6 Å². The van der Waals surface area contributed by atoms with Crippen molar-refractivity contribution in [1.82, 2.24) is 0 Å². The fourth-order valence-corrected chi connectivity index (χ4v) is 2.58. The first-order chi connectivity index (χ1) is 8.62. The molecule has 0 bridgehead atoms. The Morgan fingerprint density at radius 3 is 2.56 bits per heavy atom. The predicted molar refractivity (Wildman–Crippen MR) is 84.2 cm³/mol. The Bertz CT molecular complexity index is 366. The van der Waals surface area contributed by atoms with Gasteiger partial charge in [0.15, 0.2) is 0 Å². The van der Waals surface area contributed by atoms with E-state index in [1.54, 1.807) is 0 Å². The minimum atomic E-state index is 0.697. The number of hydrogen-bond donors (Lipinski definition) is 1. The Labute approximate surface area is 120 Å². The summed E-state index contributed by atoms with van der Waals surface area (Å²) >= 11 is 3.65. The summed E-state index contributed by atoms with van der Waals surface area (Å²) < 4.78 is 1.17. The molecule has 1 aromatic carbocycles. The van der Waals surface area contributed by atoms with Crippen LogP contribution >= 0.6 is 15.9 Å². The van der Waals surface area contributed by atoms with Gasteiger partial charge in [0.1, 0.15) is 0 Å². The summed E-state index contributed by atoms with van der Waals surface area (Å²) in [4.78, 5) is 2.44. The average molecular weight is 313 g/mol. The van der Waals surface area contributed by atoms with Crippen LogP contribution in [0.15, 0.2) is 22.7 Å². The maximum absolute atomic E-state index is 5.61. The molecular formula is C15H25BrN2. The minimum absolute atomic E-state index is 0.697. The Hall–Kier alpha value is -0.540. The van der Waals surface area contributed by atoms with E-state index in [9.17, 15) is 0 Å². The van der Waals surface area contributed by atoms with Crippen molar-refractivity contribution in [2.45, 2.75) is 33.6 Å². The zero-order valence-electron chi connectivity index (χ0n) is 11.7. The van der Waals surface area contributed by atoms with Gasteiger partial charge in [0.25, 0.3) is 0 Å². The maximum atomic E-state index is 5.61. The van der Waals surface area contributed by atoms with Crippen LogP contribution in [0.25, 0.3) is 0 Å². The van der Waals surface area contributed by atoms with Gasteiger partial charge in [-0.25, -0.2) is 0 Å². The van der Waals surface area contributed by atoms with E-state index in [0.29, 0.717) is 6.54 Å². The van der Waals surface area contributed by atoms with Gasteiger partial charge < -0.3 is 10.6 Å². The first kappa shape index (κ1) is 15.5. The highest BCUT2D eigenvalue weighted by atomic mass is 79.9. The van der Waals surface area contributed by atoms with E-state index in [4.69, 9.17) is 5.73 Å². The highest BCUT2D eigenvalue weighted by molar-refractivity contribution is 9.10. The maximum Gasteiger partial charge on any atom is 0.0377 e.